The van der Waals surface area contributed by atoms with Crippen LogP contribution in [0.4, 0.5) is 0 Å². The van der Waals surface area contributed by atoms with E-state index in [-0.39, 0.29) is 6.10 Å². The van der Waals surface area contributed by atoms with Crippen molar-refractivity contribution in [3.05, 3.63) is 0 Å². The maximum absolute atomic E-state index is 9.62. The van der Waals surface area contributed by atoms with Gasteiger partial charge >= 0.3 is 0 Å². The molecule has 2 fully saturated rings. The van der Waals surface area contributed by atoms with Gasteiger partial charge in [-0.15, -0.1) is 0 Å². The van der Waals surface area contributed by atoms with Gasteiger partial charge in [0.25, 0.3) is 0 Å². The second kappa shape index (κ2) is 3.95. The molecule has 0 aliphatic heterocycles. The van der Waals surface area contributed by atoms with Crippen molar-refractivity contribution < 1.29 is 5.11 Å². The molecular formula is C10H20N2O. The molecule has 3 nitrogen and oxygen atoms in total. The van der Waals surface area contributed by atoms with Crippen LogP contribution < -0.4 is 11.1 Å². The molecule has 4 unspecified atom stereocenters. The van der Waals surface area contributed by atoms with E-state index in [2.05, 4.69) is 5.32 Å². The van der Waals surface area contributed by atoms with Crippen LogP contribution in [-0.4, -0.2) is 29.3 Å². The summed E-state index contributed by atoms with van der Waals surface area (Å²) >= 11 is 0. The van der Waals surface area contributed by atoms with Crippen molar-refractivity contribution in [2.24, 2.45) is 5.73 Å². The van der Waals surface area contributed by atoms with Crippen LogP contribution in [0.5, 0.6) is 0 Å². The smallest absolute Gasteiger partial charge is 0.0693 e. The van der Waals surface area contributed by atoms with Crippen LogP contribution in [0.15, 0.2) is 0 Å². The molecule has 4 N–H and O–H groups in total. The van der Waals surface area contributed by atoms with E-state index in [0.29, 0.717) is 18.1 Å². The molecule has 2 saturated carbocycles. The molecule has 13 heavy (non-hydrogen) atoms. The highest BCUT2D eigenvalue weighted by Gasteiger charge is 2.29. The lowest BCUT2D eigenvalue weighted by molar-refractivity contribution is 0.143. The standard InChI is InChI=1S/C10H20N2O/c11-7-4-5-8(6-7)12-9-2-1-3-10(9)13/h7-10,12-13H,1-6,11H2. The third-order valence-electron chi connectivity index (χ3n) is 3.40. The van der Waals surface area contributed by atoms with E-state index in [1.165, 1.54) is 6.42 Å². The molecule has 0 amide bonds. The van der Waals surface area contributed by atoms with E-state index in [0.717, 1.165) is 32.1 Å². The number of aliphatic hydroxyl groups is 1. The number of hydrogen-bond acceptors (Lipinski definition) is 3. The van der Waals surface area contributed by atoms with Crippen molar-refractivity contribution in [3.63, 3.8) is 0 Å². The third kappa shape index (κ3) is 2.22. The number of nitrogens with one attached hydrogen (secondary N) is 1. The van der Waals surface area contributed by atoms with Crippen molar-refractivity contribution in [1.29, 1.82) is 0 Å². The van der Waals surface area contributed by atoms with Crippen LogP contribution in [0.25, 0.3) is 0 Å². The molecule has 0 saturated heterocycles. The van der Waals surface area contributed by atoms with Gasteiger partial charge in [-0.25, -0.2) is 0 Å². The molecule has 76 valence electrons. The van der Waals surface area contributed by atoms with Crippen LogP contribution >= 0.6 is 0 Å². The minimum absolute atomic E-state index is 0.114. The normalized spacial score (nSPS) is 45.7. The highest BCUT2D eigenvalue weighted by Crippen LogP contribution is 2.23. The quantitative estimate of drug-likeness (QED) is 0.581. The summed E-state index contributed by atoms with van der Waals surface area (Å²) in [5.74, 6) is 0. The van der Waals surface area contributed by atoms with Gasteiger partial charge in [-0.1, -0.05) is 0 Å². The fourth-order valence-electron chi connectivity index (χ4n) is 2.61. The van der Waals surface area contributed by atoms with Gasteiger partial charge in [-0.05, 0) is 38.5 Å². The van der Waals surface area contributed by atoms with Crippen LogP contribution in [-0.2, 0) is 0 Å². The lowest BCUT2D eigenvalue weighted by Gasteiger charge is -2.21. The summed E-state index contributed by atoms with van der Waals surface area (Å²) in [7, 11) is 0. The Labute approximate surface area is 79.7 Å². The Morgan fingerprint density at radius 1 is 1.15 bits per heavy atom. The van der Waals surface area contributed by atoms with Gasteiger partial charge in [0.15, 0.2) is 0 Å². The van der Waals surface area contributed by atoms with E-state index >= 15 is 0 Å². The lowest BCUT2D eigenvalue weighted by atomic mass is 10.1. The minimum atomic E-state index is -0.114. The first-order valence-corrected chi connectivity index (χ1v) is 5.45. The summed E-state index contributed by atoms with van der Waals surface area (Å²) in [6, 6.07) is 1.29. The van der Waals surface area contributed by atoms with Gasteiger partial charge in [0, 0.05) is 18.1 Å². The van der Waals surface area contributed by atoms with E-state index in [1.807, 2.05) is 0 Å². The van der Waals surface area contributed by atoms with Crippen molar-refractivity contribution in [3.8, 4) is 0 Å². The van der Waals surface area contributed by atoms with Crippen molar-refractivity contribution in [2.45, 2.75) is 62.8 Å². The van der Waals surface area contributed by atoms with E-state index in [9.17, 15) is 5.11 Å². The Balaban J connectivity index is 1.77. The molecule has 0 aromatic carbocycles. The summed E-state index contributed by atoms with van der Waals surface area (Å²) in [5.41, 5.74) is 5.83. The highest BCUT2D eigenvalue weighted by molar-refractivity contribution is 4.90. The van der Waals surface area contributed by atoms with Crippen LogP contribution in [0.3, 0.4) is 0 Å². The van der Waals surface area contributed by atoms with Crippen molar-refractivity contribution in [1.82, 2.24) is 5.32 Å². The molecule has 0 bridgehead atoms. The molecule has 2 aliphatic carbocycles. The Bertz CT molecular complexity index is 174. The summed E-state index contributed by atoms with van der Waals surface area (Å²) in [6.45, 7) is 0. The fourth-order valence-corrected chi connectivity index (χ4v) is 2.61. The Morgan fingerprint density at radius 2 is 2.00 bits per heavy atom. The summed E-state index contributed by atoms with van der Waals surface area (Å²) < 4.78 is 0. The first-order valence-electron chi connectivity index (χ1n) is 5.45. The summed E-state index contributed by atoms with van der Waals surface area (Å²) in [5, 5.41) is 13.1. The fraction of sp³-hybridized carbons (Fsp3) is 1.00. The van der Waals surface area contributed by atoms with Gasteiger partial charge in [-0.3, -0.25) is 0 Å². The SMILES string of the molecule is NC1CCC(NC2CCCC2O)C1. The predicted molar refractivity (Wildman–Crippen MR) is 52.4 cm³/mol. The van der Waals surface area contributed by atoms with Crippen molar-refractivity contribution >= 4 is 0 Å². The van der Waals surface area contributed by atoms with Crippen LogP contribution in [0, 0.1) is 0 Å². The predicted octanol–water partition coefficient (Wildman–Crippen LogP) is 0.369. The van der Waals surface area contributed by atoms with Gasteiger partial charge < -0.3 is 16.2 Å². The van der Waals surface area contributed by atoms with E-state index in [4.69, 9.17) is 5.73 Å². The van der Waals surface area contributed by atoms with Gasteiger partial charge in [0.05, 0.1) is 6.10 Å². The Hall–Kier alpha value is -0.120. The third-order valence-corrected chi connectivity index (χ3v) is 3.40. The highest BCUT2D eigenvalue weighted by atomic mass is 16.3. The minimum Gasteiger partial charge on any atom is -0.392 e. The lowest BCUT2D eigenvalue weighted by Crippen LogP contribution is -2.41. The Morgan fingerprint density at radius 3 is 2.54 bits per heavy atom. The Kier molecular flexibility index (Phi) is 2.86. The molecule has 3 heteroatoms. The maximum atomic E-state index is 9.62. The monoisotopic (exact) mass is 184 g/mol. The molecule has 4 atom stereocenters. The summed E-state index contributed by atoms with van der Waals surface area (Å²) in [4.78, 5) is 0. The zero-order valence-electron chi connectivity index (χ0n) is 8.08. The second-order valence-corrected chi connectivity index (χ2v) is 4.54. The second-order valence-electron chi connectivity index (χ2n) is 4.54. The van der Waals surface area contributed by atoms with Gasteiger partial charge in [-0.2, -0.15) is 0 Å². The molecule has 2 rings (SSSR count). The first kappa shape index (κ1) is 9.44. The maximum Gasteiger partial charge on any atom is 0.0693 e. The molecule has 0 aromatic heterocycles. The average Bonchev–Trinajstić information content (AvgIpc) is 2.64. The largest absolute Gasteiger partial charge is 0.392 e. The molecule has 0 radical (unpaired) electrons. The van der Waals surface area contributed by atoms with Crippen LogP contribution in [0.1, 0.15) is 38.5 Å². The van der Waals surface area contributed by atoms with E-state index in [1.54, 1.807) is 0 Å². The first-order chi connectivity index (χ1) is 6.25. The molecule has 0 aromatic rings. The molecule has 0 heterocycles. The number of hydrogen-bond donors (Lipinski definition) is 3. The zero-order chi connectivity index (χ0) is 9.26. The molecule has 2 aliphatic rings. The van der Waals surface area contributed by atoms with Crippen LogP contribution in [0.2, 0.25) is 0 Å². The number of aliphatic hydroxyl groups excluding tert-OH is 1. The van der Waals surface area contributed by atoms with Gasteiger partial charge in [0.1, 0.15) is 0 Å². The zero-order valence-corrected chi connectivity index (χ0v) is 8.08. The van der Waals surface area contributed by atoms with E-state index < -0.39 is 0 Å². The molecular weight excluding hydrogens is 164 g/mol. The topological polar surface area (TPSA) is 58.3 Å². The number of nitrogens with two attached hydrogens (primary N) is 1. The summed E-state index contributed by atoms with van der Waals surface area (Å²) in [6.07, 6.45) is 6.56. The molecule has 0 spiro atoms. The number of rotatable bonds is 2. The van der Waals surface area contributed by atoms with Crippen molar-refractivity contribution in [2.75, 3.05) is 0 Å². The average molecular weight is 184 g/mol. The van der Waals surface area contributed by atoms with Gasteiger partial charge in [0.2, 0.25) is 0 Å².